The van der Waals surface area contributed by atoms with Crippen LogP contribution >= 0.6 is 0 Å². The molecule has 1 unspecified atom stereocenters. The summed E-state index contributed by atoms with van der Waals surface area (Å²) in [6, 6.07) is 0.357. The highest BCUT2D eigenvalue weighted by Crippen LogP contribution is 2.21. The van der Waals surface area contributed by atoms with Gasteiger partial charge in [-0.1, -0.05) is 13.3 Å². The van der Waals surface area contributed by atoms with Crippen LogP contribution in [0.2, 0.25) is 0 Å². The Morgan fingerprint density at radius 3 is 2.56 bits per heavy atom. The van der Waals surface area contributed by atoms with Crippen LogP contribution in [0.15, 0.2) is 6.20 Å². The van der Waals surface area contributed by atoms with Gasteiger partial charge < -0.3 is 5.32 Å². The Morgan fingerprint density at radius 1 is 1.50 bits per heavy atom. The molecule has 0 spiro atoms. The third-order valence-electron chi connectivity index (χ3n) is 3.22. The van der Waals surface area contributed by atoms with Gasteiger partial charge in [-0.2, -0.15) is 5.10 Å². The molecule has 0 saturated carbocycles. The number of rotatable bonds is 5. The molecule has 1 aromatic heterocycles. The van der Waals surface area contributed by atoms with E-state index in [1.165, 1.54) is 24.1 Å². The van der Waals surface area contributed by atoms with E-state index >= 15 is 0 Å². The van der Waals surface area contributed by atoms with E-state index in [-0.39, 0.29) is 5.54 Å². The monoisotopic (exact) mass is 223 g/mol. The van der Waals surface area contributed by atoms with Gasteiger partial charge in [-0.3, -0.25) is 4.68 Å². The molecule has 0 bridgehead atoms. The first-order valence-electron chi connectivity index (χ1n) is 6.13. The largest absolute Gasteiger partial charge is 0.305 e. The lowest BCUT2D eigenvalue weighted by atomic mass is 9.96. The van der Waals surface area contributed by atoms with Crippen molar-refractivity contribution in [1.29, 1.82) is 0 Å². The van der Waals surface area contributed by atoms with Crippen molar-refractivity contribution >= 4 is 0 Å². The minimum atomic E-state index is 0.191. The summed E-state index contributed by atoms with van der Waals surface area (Å²) in [7, 11) is 1.99. The molecule has 92 valence electrons. The lowest BCUT2D eigenvalue weighted by Crippen LogP contribution is -2.40. The lowest BCUT2D eigenvalue weighted by Gasteiger charge is -2.30. The zero-order valence-electron chi connectivity index (χ0n) is 11.5. The maximum absolute atomic E-state index is 4.29. The molecule has 1 atom stereocenters. The molecule has 0 aliphatic rings. The summed E-state index contributed by atoms with van der Waals surface area (Å²) in [6.45, 7) is 11.1. The molecule has 1 aromatic rings. The number of aryl methyl sites for hydroxylation is 1. The van der Waals surface area contributed by atoms with Crippen molar-refractivity contribution in [3.8, 4) is 0 Å². The fraction of sp³-hybridized carbons (Fsp3) is 0.769. The van der Waals surface area contributed by atoms with Gasteiger partial charge in [-0.05, 0) is 34.1 Å². The van der Waals surface area contributed by atoms with Crippen LogP contribution in [0.3, 0.4) is 0 Å². The SMILES string of the molecule is CCCC(C)(C)NC(C)c1cnn(C)c1C. The van der Waals surface area contributed by atoms with Crippen LogP contribution in [-0.2, 0) is 7.05 Å². The molecule has 0 aliphatic carbocycles. The summed E-state index contributed by atoms with van der Waals surface area (Å²) in [6.07, 6.45) is 4.37. The van der Waals surface area contributed by atoms with Crippen molar-refractivity contribution in [3.63, 3.8) is 0 Å². The molecule has 0 aromatic carbocycles. The third-order valence-corrected chi connectivity index (χ3v) is 3.22. The number of nitrogens with zero attached hydrogens (tertiary/aromatic N) is 2. The van der Waals surface area contributed by atoms with Crippen molar-refractivity contribution < 1.29 is 0 Å². The third kappa shape index (κ3) is 3.08. The summed E-state index contributed by atoms with van der Waals surface area (Å²) < 4.78 is 1.93. The van der Waals surface area contributed by atoms with Gasteiger partial charge >= 0.3 is 0 Å². The highest BCUT2D eigenvalue weighted by atomic mass is 15.3. The first kappa shape index (κ1) is 13.2. The van der Waals surface area contributed by atoms with Gasteiger partial charge in [0.05, 0.1) is 6.20 Å². The van der Waals surface area contributed by atoms with E-state index in [1.54, 1.807) is 0 Å². The number of nitrogens with one attached hydrogen (secondary N) is 1. The quantitative estimate of drug-likeness (QED) is 0.831. The highest BCUT2D eigenvalue weighted by molar-refractivity contribution is 5.20. The van der Waals surface area contributed by atoms with Gasteiger partial charge in [0.1, 0.15) is 0 Å². The first-order chi connectivity index (χ1) is 7.37. The minimum absolute atomic E-state index is 0.191. The molecular formula is C13H25N3. The van der Waals surface area contributed by atoms with Gasteiger partial charge in [0.15, 0.2) is 0 Å². The zero-order valence-corrected chi connectivity index (χ0v) is 11.5. The van der Waals surface area contributed by atoms with Crippen LogP contribution in [0.1, 0.15) is 57.8 Å². The maximum Gasteiger partial charge on any atom is 0.0540 e. The Labute approximate surface area is 99.2 Å². The van der Waals surface area contributed by atoms with Crippen LogP contribution < -0.4 is 5.32 Å². The molecule has 1 rings (SSSR count). The van der Waals surface area contributed by atoms with E-state index in [0.717, 1.165) is 0 Å². The molecule has 1 N–H and O–H groups in total. The fourth-order valence-electron chi connectivity index (χ4n) is 2.30. The smallest absolute Gasteiger partial charge is 0.0540 e. The van der Waals surface area contributed by atoms with Gasteiger partial charge in [0.25, 0.3) is 0 Å². The van der Waals surface area contributed by atoms with E-state index in [4.69, 9.17) is 0 Å². The molecule has 0 amide bonds. The van der Waals surface area contributed by atoms with Crippen molar-refractivity contribution in [1.82, 2.24) is 15.1 Å². The number of hydrogen-bond acceptors (Lipinski definition) is 2. The molecule has 1 heterocycles. The molecular weight excluding hydrogens is 198 g/mol. The average Bonchev–Trinajstić information content (AvgIpc) is 2.46. The van der Waals surface area contributed by atoms with Crippen LogP contribution in [0.5, 0.6) is 0 Å². The minimum Gasteiger partial charge on any atom is -0.305 e. The summed E-state index contributed by atoms with van der Waals surface area (Å²) in [5, 5.41) is 7.96. The second kappa shape index (κ2) is 5.00. The molecule has 0 radical (unpaired) electrons. The van der Waals surface area contributed by atoms with Crippen molar-refractivity contribution in [2.24, 2.45) is 7.05 Å². The van der Waals surface area contributed by atoms with Crippen LogP contribution in [0.4, 0.5) is 0 Å². The van der Waals surface area contributed by atoms with E-state index < -0.39 is 0 Å². The van der Waals surface area contributed by atoms with E-state index in [9.17, 15) is 0 Å². The zero-order chi connectivity index (χ0) is 12.3. The topological polar surface area (TPSA) is 29.9 Å². The Kier molecular flexibility index (Phi) is 4.14. The van der Waals surface area contributed by atoms with Crippen molar-refractivity contribution in [2.45, 2.75) is 59.0 Å². The Hall–Kier alpha value is -0.830. The number of hydrogen-bond donors (Lipinski definition) is 1. The Bertz CT molecular complexity index is 339. The molecule has 16 heavy (non-hydrogen) atoms. The normalized spacial score (nSPS) is 14.1. The van der Waals surface area contributed by atoms with Crippen molar-refractivity contribution in [2.75, 3.05) is 0 Å². The first-order valence-corrected chi connectivity index (χ1v) is 6.13. The Morgan fingerprint density at radius 2 is 2.12 bits per heavy atom. The lowest BCUT2D eigenvalue weighted by molar-refractivity contribution is 0.323. The van der Waals surface area contributed by atoms with Crippen LogP contribution in [0, 0.1) is 6.92 Å². The van der Waals surface area contributed by atoms with Crippen LogP contribution in [0.25, 0.3) is 0 Å². The van der Waals surface area contributed by atoms with Gasteiger partial charge in [-0.15, -0.1) is 0 Å². The van der Waals surface area contributed by atoms with Gasteiger partial charge in [-0.25, -0.2) is 0 Å². The molecule has 0 aliphatic heterocycles. The van der Waals surface area contributed by atoms with Crippen molar-refractivity contribution in [3.05, 3.63) is 17.5 Å². The summed E-state index contributed by atoms with van der Waals surface area (Å²) in [5.41, 5.74) is 2.73. The van der Waals surface area contributed by atoms with Gasteiger partial charge in [0.2, 0.25) is 0 Å². The summed E-state index contributed by atoms with van der Waals surface area (Å²) >= 11 is 0. The molecule has 3 nitrogen and oxygen atoms in total. The van der Waals surface area contributed by atoms with E-state index in [0.29, 0.717) is 6.04 Å². The fourth-order valence-corrected chi connectivity index (χ4v) is 2.30. The van der Waals surface area contributed by atoms with Gasteiger partial charge in [0, 0.05) is 29.9 Å². The summed E-state index contributed by atoms with van der Waals surface area (Å²) in [5.74, 6) is 0. The summed E-state index contributed by atoms with van der Waals surface area (Å²) in [4.78, 5) is 0. The average molecular weight is 223 g/mol. The molecule has 0 fully saturated rings. The molecule has 0 saturated heterocycles. The Balaban J connectivity index is 2.72. The van der Waals surface area contributed by atoms with E-state index in [2.05, 4.69) is 45.0 Å². The predicted octanol–water partition coefficient (Wildman–Crippen LogP) is 2.96. The highest BCUT2D eigenvalue weighted by Gasteiger charge is 2.21. The maximum atomic E-state index is 4.29. The predicted molar refractivity (Wildman–Crippen MR) is 68.5 cm³/mol. The second-order valence-electron chi connectivity index (χ2n) is 5.31. The van der Waals surface area contributed by atoms with E-state index in [1.807, 2.05) is 17.9 Å². The molecule has 3 heteroatoms. The standard InChI is InChI=1S/C13H25N3/c1-7-8-13(4,5)15-10(2)12-9-14-16(6)11(12)3/h9-10,15H,7-8H2,1-6H3. The van der Waals surface area contributed by atoms with Crippen LogP contribution in [-0.4, -0.2) is 15.3 Å². The second-order valence-corrected chi connectivity index (χ2v) is 5.31. The number of aromatic nitrogens is 2.